The Morgan fingerprint density at radius 1 is 0.863 bits per heavy atom. The Morgan fingerprint density at radius 3 is 2.20 bits per heavy atom. The van der Waals surface area contributed by atoms with Gasteiger partial charge in [0.2, 0.25) is 6.10 Å². The number of fused-ring (bicyclic) bond motifs is 1. The molecule has 0 radical (unpaired) electrons. The van der Waals surface area contributed by atoms with Crippen LogP contribution in [0.4, 0.5) is 16.2 Å². The average molecular weight is 778 g/mol. The molecule has 1 aliphatic rings. The number of cyclic esters (lactones) is 1. The van der Waals surface area contributed by atoms with Gasteiger partial charge in [0, 0.05) is 11.6 Å². The van der Waals surface area contributed by atoms with Crippen molar-refractivity contribution in [3.8, 4) is 5.75 Å². The number of carbonyl (C=O) groups is 2. The number of para-hydroxylation sites is 1. The lowest BCUT2D eigenvalue weighted by molar-refractivity contribution is -0.122. The van der Waals surface area contributed by atoms with Crippen molar-refractivity contribution < 1.29 is 27.5 Å². The second-order valence-corrected chi connectivity index (χ2v) is 15.2. The van der Waals surface area contributed by atoms with Crippen molar-refractivity contribution >= 4 is 79.1 Å². The summed E-state index contributed by atoms with van der Waals surface area (Å²) in [6.45, 7) is 2.39. The van der Waals surface area contributed by atoms with Crippen LogP contribution in [0.15, 0.2) is 64.3 Å². The highest BCUT2D eigenvalue weighted by atomic mass is 35.5. The number of anilines is 2. The number of hydrogen-bond acceptors (Lipinski definition) is 8. The topological polar surface area (TPSA) is 137 Å². The van der Waals surface area contributed by atoms with Crippen LogP contribution in [-0.2, 0) is 26.1 Å². The smallest absolute Gasteiger partial charge is 0.422 e. The number of rotatable bonds is 17. The molecule has 2 heterocycles. The zero-order valence-corrected chi connectivity index (χ0v) is 31.4. The van der Waals surface area contributed by atoms with E-state index in [4.69, 9.17) is 44.3 Å². The molecule has 51 heavy (non-hydrogen) atoms. The first-order valence-electron chi connectivity index (χ1n) is 16.9. The summed E-state index contributed by atoms with van der Waals surface area (Å²) in [5, 5.41) is 0.652. The molecule has 3 aromatic carbocycles. The van der Waals surface area contributed by atoms with E-state index in [1.54, 1.807) is 12.1 Å². The zero-order valence-electron chi connectivity index (χ0n) is 28.3. The number of aromatic nitrogens is 2. The molecule has 4 aromatic rings. The number of halogens is 3. The predicted molar refractivity (Wildman–Crippen MR) is 200 cm³/mol. The molecule has 5 rings (SSSR count). The molecule has 1 aliphatic heterocycles. The molecule has 0 bridgehead atoms. The van der Waals surface area contributed by atoms with Crippen LogP contribution in [0.3, 0.4) is 0 Å². The van der Waals surface area contributed by atoms with Crippen molar-refractivity contribution in [3.05, 3.63) is 85.8 Å². The van der Waals surface area contributed by atoms with Crippen LogP contribution in [0, 0.1) is 0 Å². The second-order valence-electron chi connectivity index (χ2n) is 12.2. The normalized spacial score (nSPS) is 14.7. The lowest BCUT2D eigenvalue weighted by Crippen LogP contribution is -2.33. The molecule has 1 N–H and O–H groups in total. The Balaban J connectivity index is 1.44. The van der Waals surface area contributed by atoms with E-state index in [1.165, 1.54) is 80.2 Å². The fourth-order valence-corrected chi connectivity index (χ4v) is 7.87. The molecule has 15 heteroatoms. The summed E-state index contributed by atoms with van der Waals surface area (Å²) < 4.78 is 41.5. The Labute approximate surface area is 311 Å². The molecule has 2 amide bonds. The van der Waals surface area contributed by atoms with E-state index in [-0.39, 0.29) is 60.4 Å². The number of imide groups is 1. The van der Waals surface area contributed by atoms with Gasteiger partial charge < -0.3 is 9.47 Å². The van der Waals surface area contributed by atoms with E-state index in [1.807, 2.05) is 0 Å². The molecule has 1 saturated heterocycles. The van der Waals surface area contributed by atoms with E-state index in [9.17, 15) is 22.8 Å². The van der Waals surface area contributed by atoms with Crippen LogP contribution < -0.4 is 19.9 Å². The molecule has 1 atom stereocenters. The number of sulfonamides is 1. The Morgan fingerprint density at radius 2 is 1.53 bits per heavy atom. The van der Waals surface area contributed by atoms with E-state index in [0.29, 0.717) is 11.3 Å². The van der Waals surface area contributed by atoms with Crippen LogP contribution in [0.5, 0.6) is 5.75 Å². The summed E-state index contributed by atoms with van der Waals surface area (Å²) in [6.07, 6.45) is 8.04. The molecule has 272 valence electrons. The molecule has 11 nitrogen and oxygen atoms in total. The SMILES string of the molecule is CCCCCCCCCCCCn1c(C2OC(=O)N(c3cc(S(=O)(=O)Nc4ccccc4Cl)ccc3OC)C2=O)nc2c(Cl)cc(Cl)cc2c1=O. The fourth-order valence-electron chi connectivity index (χ4n) is 5.99. The van der Waals surface area contributed by atoms with Crippen molar-refractivity contribution in [2.24, 2.45) is 0 Å². The van der Waals surface area contributed by atoms with Gasteiger partial charge in [0.1, 0.15) is 5.75 Å². The van der Waals surface area contributed by atoms with Crippen LogP contribution in [0.2, 0.25) is 15.1 Å². The average Bonchev–Trinajstić information content (AvgIpc) is 3.39. The number of benzene rings is 3. The van der Waals surface area contributed by atoms with Gasteiger partial charge in [-0.3, -0.25) is 18.9 Å². The van der Waals surface area contributed by atoms with Crippen molar-refractivity contribution in [2.75, 3.05) is 16.7 Å². The van der Waals surface area contributed by atoms with Crippen molar-refractivity contribution in [1.29, 1.82) is 0 Å². The Kier molecular flexibility index (Phi) is 12.9. The van der Waals surface area contributed by atoms with Gasteiger partial charge in [0.15, 0.2) is 5.82 Å². The van der Waals surface area contributed by atoms with E-state index in [2.05, 4.69) is 16.6 Å². The van der Waals surface area contributed by atoms with E-state index >= 15 is 0 Å². The summed E-state index contributed by atoms with van der Waals surface area (Å²) in [5.74, 6) is -0.999. The summed E-state index contributed by atoms with van der Waals surface area (Å²) >= 11 is 18.8. The fraction of sp³-hybridized carbons (Fsp3) is 0.389. The second kappa shape index (κ2) is 17.1. The quantitative estimate of drug-likeness (QED) is 0.105. The van der Waals surface area contributed by atoms with Gasteiger partial charge in [-0.2, -0.15) is 0 Å². The number of ether oxygens (including phenoxy) is 2. The summed E-state index contributed by atoms with van der Waals surface area (Å²) in [4.78, 5) is 46.4. The molecular weight excluding hydrogens is 739 g/mol. The number of methoxy groups -OCH3 is 1. The maximum absolute atomic E-state index is 14.1. The third-order valence-electron chi connectivity index (χ3n) is 8.64. The Bertz CT molecular complexity index is 2090. The highest BCUT2D eigenvalue weighted by molar-refractivity contribution is 7.92. The van der Waals surface area contributed by atoms with Gasteiger partial charge in [-0.1, -0.05) is 112 Å². The molecule has 1 aromatic heterocycles. The number of carbonyl (C=O) groups excluding carboxylic acids is 2. The van der Waals surface area contributed by atoms with Crippen LogP contribution >= 0.6 is 34.8 Å². The standard InChI is InChI=1S/C36H39Cl3N4O7S/c1-3-4-5-6-7-8-9-10-11-14-19-42-33(40-31-25(34(42)44)20-23(37)21-27(31)39)32-35(45)43(36(46)50-32)29-22-24(17-18-30(29)49-2)51(47,48)41-28-16-13-12-15-26(28)38/h12-13,15-18,20-22,32,41H,3-11,14,19H2,1-2H3. The lowest BCUT2D eigenvalue weighted by atomic mass is 10.1. The number of nitrogens with zero attached hydrogens (tertiary/aromatic N) is 3. The van der Waals surface area contributed by atoms with Gasteiger partial charge in [0.05, 0.1) is 44.3 Å². The minimum absolute atomic E-state index is 0.0181. The van der Waals surface area contributed by atoms with Crippen LogP contribution in [0.25, 0.3) is 10.9 Å². The third-order valence-corrected chi connectivity index (χ3v) is 10.8. The number of nitrogens with one attached hydrogen (secondary N) is 1. The zero-order chi connectivity index (χ0) is 36.7. The van der Waals surface area contributed by atoms with Gasteiger partial charge in [-0.05, 0) is 48.9 Å². The molecular formula is C36H39Cl3N4O7S. The highest BCUT2D eigenvalue weighted by Crippen LogP contribution is 2.39. The van der Waals surface area contributed by atoms with Gasteiger partial charge in [-0.15, -0.1) is 0 Å². The third kappa shape index (κ3) is 8.80. The first kappa shape index (κ1) is 38.4. The first-order valence-corrected chi connectivity index (χ1v) is 19.5. The van der Waals surface area contributed by atoms with E-state index < -0.39 is 33.7 Å². The molecule has 0 spiro atoms. The minimum Gasteiger partial charge on any atom is -0.495 e. The van der Waals surface area contributed by atoms with Gasteiger partial charge in [0.25, 0.3) is 21.5 Å². The maximum Gasteiger partial charge on any atom is 0.422 e. The Hall–Kier alpha value is -3.84. The minimum atomic E-state index is -4.25. The van der Waals surface area contributed by atoms with E-state index in [0.717, 1.165) is 31.7 Å². The van der Waals surface area contributed by atoms with Crippen molar-refractivity contribution in [2.45, 2.75) is 88.7 Å². The van der Waals surface area contributed by atoms with Crippen molar-refractivity contribution in [1.82, 2.24) is 9.55 Å². The molecule has 0 aliphatic carbocycles. The van der Waals surface area contributed by atoms with Crippen LogP contribution in [0.1, 0.15) is 83.1 Å². The monoisotopic (exact) mass is 776 g/mol. The molecule has 1 fully saturated rings. The van der Waals surface area contributed by atoms with Crippen molar-refractivity contribution in [3.63, 3.8) is 0 Å². The first-order chi connectivity index (χ1) is 24.5. The number of unbranched alkanes of at least 4 members (excludes halogenated alkanes) is 9. The van der Waals surface area contributed by atoms with Gasteiger partial charge >= 0.3 is 6.09 Å². The number of hydrogen-bond donors (Lipinski definition) is 1. The lowest BCUT2D eigenvalue weighted by Gasteiger charge is -2.18. The summed E-state index contributed by atoms with van der Waals surface area (Å²) in [5.41, 5.74) is -0.449. The predicted octanol–water partition coefficient (Wildman–Crippen LogP) is 9.31. The maximum atomic E-state index is 14.1. The number of amides is 2. The molecule has 1 unspecified atom stereocenters. The molecule has 0 saturated carbocycles. The van der Waals surface area contributed by atoms with Gasteiger partial charge in [-0.25, -0.2) is 23.1 Å². The largest absolute Gasteiger partial charge is 0.495 e. The summed E-state index contributed by atoms with van der Waals surface area (Å²) in [7, 11) is -2.94. The van der Waals surface area contributed by atoms with Crippen LogP contribution in [-0.4, -0.2) is 37.1 Å². The highest BCUT2D eigenvalue weighted by Gasteiger charge is 2.46. The summed E-state index contributed by atoms with van der Waals surface area (Å²) in [6, 6.07) is 12.8.